The van der Waals surface area contributed by atoms with Gasteiger partial charge in [-0.1, -0.05) is 17.8 Å². The van der Waals surface area contributed by atoms with Gasteiger partial charge in [0, 0.05) is 29.0 Å². The minimum Gasteiger partial charge on any atom is -0.340 e. The van der Waals surface area contributed by atoms with Crippen molar-refractivity contribution in [3.63, 3.8) is 0 Å². The van der Waals surface area contributed by atoms with Crippen molar-refractivity contribution >= 4 is 23.7 Å². The van der Waals surface area contributed by atoms with Gasteiger partial charge in [0.15, 0.2) is 0 Å². The third-order valence-corrected chi connectivity index (χ3v) is 4.86. The van der Waals surface area contributed by atoms with Crippen LogP contribution in [0.2, 0.25) is 0 Å². The highest BCUT2D eigenvalue weighted by Gasteiger charge is 2.33. The number of alkyl halides is 3. The lowest BCUT2D eigenvalue weighted by atomic mass is 10.1. The Morgan fingerprint density at radius 2 is 1.63 bits per heavy atom. The Morgan fingerprint density at radius 3 is 2.19 bits per heavy atom. The van der Waals surface area contributed by atoms with Crippen LogP contribution in [0, 0.1) is 5.82 Å². The Morgan fingerprint density at radius 1 is 1.04 bits per heavy atom. The molecule has 0 aliphatic heterocycles. The number of likely N-dealkylation sites (N-methyl/N-ethyl adjacent to an activating group) is 1. The molecule has 0 heterocycles. The van der Waals surface area contributed by atoms with Gasteiger partial charge in [0.05, 0.1) is 5.56 Å². The fourth-order valence-electron chi connectivity index (χ4n) is 2.43. The molecule has 0 saturated heterocycles. The van der Waals surface area contributed by atoms with Crippen molar-refractivity contribution in [3.05, 3.63) is 65.5 Å². The van der Waals surface area contributed by atoms with Gasteiger partial charge in [-0.15, -0.1) is 0 Å². The molecule has 2 aromatic rings. The summed E-state index contributed by atoms with van der Waals surface area (Å²) in [6, 6.07) is 9.43. The molecule has 0 aromatic heterocycles. The zero-order chi connectivity index (χ0) is 20.0. The van der Waals surface area contributed by atoms with Gasteiger partial charge in [-0.3, -0.25) is 4.79 Å². The Labute approximate surface area is 159 Å². The van der Waals surface area contributed by atoms with Crippen molar-refractivity contribution in [2.24, 2.45) is 0 Å². The molecular formula is C20H19F4NOS. The van der Waals surface area contributed by atoms with E-state index in [0.29, 0.717) is 22.9 Å². The third kappa shape index (κ3) is 5.85. The highest BCUT2D eigenvalue weighted by Crippen LogP contribution is 2.37. The molecule has 0 N–H and O–H groups in total. The summed E-state index contributed by atoms with van der Waals surface area (Å²) in [4.78, 5) is 14.5. The first kappa shape index (κ1) is 21.0. The molecule has 144 valence electrons. The summed E-state index contributed by atoms with van der Waals surface area (Å²) in [6.07, 6.45) is -2.21. The zero-order valence-electron chi connectivity index (χ0n) is 14.9. The Bertz CT molecular complexity index is 812. The lowest BCUT2D eigenvalue weighted by molar-refractivity contribution is -0.138. The average molecular weight is 397 g/mol. The Balaban J connectivity index is 2.30. The van der Waals surface area contributed by atoms with Crippen LogP contribution in [-0.2, 0) is 11.0 Å². The van der Waals surface area contributed by atoms with Crippen molar-refractivity contribution < 1.29 is 22.4 Å². The lowest BCUT2D eigenvalue weighted by Gasteiger charge is -2.16. The summed E-state index contributed by atoms with van der Waals surface area (Å²) in [6.45, 7) is 4.58. The first-order valence-electron chi connectivity index (χ1n) is 8.36. The first-order valence-corrected chi connectivity index (χ1v) is 9.18. The quantitative estimate of drug-likeness (QED) is 0.448. The van der Waals surface area contributed by atoms with Crippen LogP contribution in [0.4, 0.5) is 17.6 Å². The molecule has 0 aliphatic carbocycles. The molecule has 0 atom stereocenters. The molecule has 0 aliphatic rings. The van der Waals surface area contributed by atoms with E-state index in [1.807, 2.05) is 0 Å². The standard InChI is InChI=1S/C20H19F4NOS/c1-3-25(4-2)19(26)12-6-14-5-9-17(13-18(14)20(22,23)24)27-16-10-7-15(21)8-11-16/h5-13H,3-4H2,1-2H3/b12-6+. The number of amides is 1. The summed E-state index contributed by atoms with van der Waals surface area (Å²) < 4.78 is 53.3. The summed E-state index contributed by atoms with van der Waals surface area (Å²) in [5.41, 5.74) is -0.898. The molecule has 0 bridgehead atoms. The van der Waals surface area contributed by atoms with Crippen LogP contribution in [0.25, 0.3) is 6.08 Å². The largest absolute Gasteiger partial charge is 0.417 e. The second-order valence-corrected chi connectivity index (χ2v) is 6.79. The number of rotatable bonds is 6. The second kappa shape index (κ2) is 9.08. The van der Waals surface area contributed by atoms with Crippen LogP contribution in [0.1, 0.15) is 25.0 Å². The average Bonchev–Trinajstić information content (AvgIpc) is 2.62. The second-order valence-electron chi connectivity index (χ2n) is 5.65. The number of benzene rings is 2. The monoisotopic (exact) mass is 397 g/mol. The van der Waals surface area contributed by atoms with E-state index < -0.39 is 17.6 Å². The van der Waals surface area contributed by atoms with E-state index in [0.717, 1.165) is 23.9 Å². The molecule has 0 spiro atoms. The molecule has 27 heavy (non-hydrogen) atoms. The Hall–Kier alpha value is -2.28. The van der Waals surface area contributed by atoms with Gasteiger partial charge >= 0.3 is 6.18 Å². The number of halogens is 4. The van der Waals surface area contributed by atoms with Crippen molar-refractivity contribution in [1.29, 1.82) is 0 Å². The Kier molecular flexibility index (Phi) is 7.07. The van der Waals surface area contributed by atoms with Crippen LogP contribution < -0.4 is 0 Å². The van der Waals surface area contributed by atoms with E-state index in [1.165, 1.54) is 41.3 Å². The molecule has 0 radical (unpaired) electrons. The molecule has 0 unspecified atom stereocenters. The maximum atomic E-state index is 13.4. The van der Waals surface area contributed by atoms with Crippen molar-refractivity contribution in [3.8, 4) is 0 Å². The highest BCUT2D eigenvalue weighted by molar-refractivity contribution is 7.99. The fraction of sp³-hybridized carbons (Fsp3) is 0.250. The van der Waals surface area contributed by atoms with Gasteiger partial charge in [0.25, 0.3) is 0 Å². The van der Waals surface area contributed by atoms with Gasteiger partial charge in [0.1, 0.15) is 5.82 Å². The minimum atomic E-state index is -4.56. The minimum absolute atomic E-state index is 0.0773. The SMILES string of the molecule is CCN(CC)C(=O)/C=C/c1ccc(Sc2ccc(F)cc2)cc1C(F)(F)F. The molecule has 2 rings (SSSR count). The number of hydrogen-bond acceptors (Lipinski definition) is 2. The van der Waals surface area contributed by atoms with Gasteiger partial charge in [-0.25, -0.2) is 4.39 Å². The molecule has 0 fully saturated rings. The number of hydrogen-bond donors (Lipinski definition) is 0. The summed E-state index contributed by atoms with van der Waals surface area (Å²) >= 11 is 1.11. The summed E-state index contributed by atoms with van der Waals surface area (Å²) in [7, 11) is 0. The van der Waals surface area contributed by atoms with E-state index in [-0.39, 0.29) is 11.5 Å². The van der Waals surface area contributed by atoms with Gasteiger partial charge < -0.3 is 4.90 Å². The molecular weight excluding hydrogens is 378 g/mol. The number of carbonyl (C=O) groups excluding carboxylic acids is 1. The number of carbonyl (C=O) groups is 1. The summed E-state index contributed by atoms with van der Waals surface area (Å²) in [5.74, 6) is -0.744. The van der Waals surface area contributed by atoms with Crippen molar-refractivity contribution in [1.82, 2.24) is 4.90 Å². The van der Waals surface area contributed by atoms with E-state index in [2.05, 4.69) is 0 Å². The van der Waals surface area contributed by atoms with E-state index in [4.69, 9.17) is 0 Å². The predicted octanol–water partition coefficient (Wildman–Crippen LogP) is 5.88. The zero-order valence-corrected chi connectivity index (χ0v) is 15.7. The lowest BCUT2D eigenvalue weighted by Crippen LogP contribution is -2.28. The predicted molar refractivity (Wildman–Crippen MR) is 98.9 cm³/mol. The summed E-state index contributed by atoms with van der Waals surface area (Å²) in [5, 5.41) is 0. The van der Waals surface area contributed by atoms with Gasteiger partial charge in [-0.2, -0.15) is 13.2 Å². The number of nitrogens with zero attached hydrogens (tertiary/aromatic N) is 1. The van der Waals surface area contributed by atoms with E-state index >= 15 is 0 Å². The topological polar surface area (TPSA) is 20.3 Å². The maximum absolute atomic E-state index is 13.4. The molecule has 7 heteroatoms. The van der Waals surface area contributed by atoms with Crippen LogP contribution in [0.3, 0.4) is 0 Å². The van der Waals surface area contributed by atoms with E-state index in [9.17, 15) is 22.4 Å². The molecule has 2 nitrogen and oxygen atoms in total. The van der Waals surface area contributed by atoms with Crippen molar-refractivity contribution in [2.75, 3.05) is 13.1 Å². The fourth-order valence-corrected chi connectivity index (χ4v) is 3.29. The smallest absolute Gasteiger partial charge is 0.340 e. The van der Waals surface area contributed by atoms with Crippen LogP contribution >= 0.6 is 11.8 Å². The van der Waals surface area contributed by atoms with E-state index in [1.54, 1.807) is 19.9 Å². The maximum Gasteiger partial charge on any atom is 0.417 e. The van der Waals surface area contributed by atoms with Gasteiger partial charge in [-0.05, 0) is 61.9 Å². The molecule has 0 saturated carbocycles. The molecule has 1 amide bonds. The normalized spacial score (nSPS) is 11.8. The van der Waals surface area contributed by atoms with Gasteiger partial charge in [0.2, 0.25) is 5.91 Å². The van der Waals surface area contributed by atoms with Crippen molar-refractivity contribution in [2.45, 2.75) is 29.8 Å². The van der Waals surface area contributed by atoms with Crippen LogP contribution in [0.15, 0.2) is 58.3 Å². The first-order chi connectivity index (χ1) is 12.7. The van der Waals surface area contributed by atoms with Crippen LogP contribution in [0.5, 0.6) is 0 Å². The third-order valence-electron chi connectivity index (χ3n) is 3.86. The van der Waals surface area contributed by atoms with Crippen LogP contribution in [-0.4, -0.2) is 23.9 Å². The highest BCUT2D eigenvalue weighted by atomic mass is 32.2. The molecule has 2 aromatic carbocycles.